The van der Waals surface area contributed by atoms with Gasteiger partial charge in [-0.25, -0.2) is 0 Å². The molecule has 1 saturated heterocycles. The first-order valence-corrected chi connectivity index (χ1v) is 9.15. The number of nitrogens with zero attached hydrogens (tertiary/aromatic N) is 2. The van der Waals surface area contributed by atoms with Crippen LogP contribution in [0.2, 0.25) is 0 Å². The molecular formula is C21H22N4O2. The van der Waals surface area contributed by atoms with Crippen LogP contribution in [0.15, 0.2) is 65.5 Å². The molecular weight excluding hydrogens is 340 g/mol. The molecule has 3 heterocycles. The summed E-state index contributed by atoms with van der Waals surface area (Å²) in [6, 6.07) is 13.8. The lowest BCUT2D eigenvalue weighted by molar-refractivity contribution is 0.0947. The van der Waals surface area contributed by atoms with Gasteiger partial charge in [-0.2, -0.15) is 0 Å². The standard InChI is InChI=1S/C21H22N4O2/c26-21(23-15-20-4-3-11-27-20)16-12-18(14-22-13-16)24-17-5-7-19(8-6-17)25-9-1-2-10-25/h3-8,11-14,24H,1-2,9-10,15H2,(H,23,26). The zero-order valence-corrected chi connectivity index (χ0v) is 15.0. The number of hydrogen-bond donors (Lipinski definition) is 2. The Bertz CT molecular complexity index is 885. The van der Waals surface area contributed by atoms with E-state index in [0.29, 0.717) is 17.9 Å². The van der Waals surface area contributed by atoms with Crippen LogP contribution < -0.4 is 15.5 Å². The van der Waals surface area contributed by atoms with Crippen LogP contribution in [0.1, 0.15) is 29.0 Å². The van der Waals surface area contributed by atoms with Crippen LogP contribution in [0.25, 0.3) is 0 Å². The molecule has 0 saturated carbocycles. The molecule has 1 aliphatic rings. The van der Waals surface area contributed by atoms with Crippen molar-refractivity contribution in [2.75, 3.05) is 23.3 Å². The molecule has 2 N–H and O–H groups in total. The SMILES string of the molecule is O=C(NCc1ccco1)c1cncc(Nc2ccc(N3CCCC3)cc2)c1. The molecule has 1 fully saturated rings. The Labute approximate surface area is 158 Å². The van der Waals surface area contributed by atoms with Gasteiger partial charge in [0, 0.05) is 30.7 Å². The Morgan fingerprint density at radius 2 is 1.89 bits per heavy atom. The van der Waals surface area contributed by atoms with Crippen LogP contribution in [-0.2, 0) is 6.54 Å². The largest absolute Gasteiger partial charge is 0.467 e. The summed E-state index contributed by atoms with van der Waals surface area (Å²) < 4.78 is 5.22. The molecule has 2 aromatic heterocycles. The van der Waals surface area contributed by atoms with Gasteiger partial charge >= 0.3 is 0 Å². The predicted octanol–water partition coefficient (Wildman–Crippen LogP) is 3.95. The maximum absolute atomic E-state index is 12.3. The molecule has 0 spiro atoms. The minimum absolute atomic E-state index is 0.188. The van der Waals surface area contributed by atoms with E-state index in [1.54, 1.807) is 30.8 Å². The summed E-state index contributed by atoms with van der Waals surface area (Å²) in [7, 11) is 0. The number of carbonyl (C=O) groups excluding carboxylic acids is 1. The van der Waals surface area contributed by atoms with Gasteiger partial charge in [-0.15, -0.1) is 0 Å². The van der Waals surface area contributed by atoms with Crippen molar-refractivity contribution >= 4 is 23.0 Å². The number of aromatic nitrogens is 1. The van der Waals surface area contributed by atoms with Gasteiger partial charge in [-0.05, 0) is 55.3 Å². The fourth-order valence-electron chi connectivity index (χ4n) is 3.21. The number of hydrogen-bond acceptors (Lipinski definition) is 5. The number of anilines is 3. The highest BCUT2D eigenvalue weighted by Crippen LogP contribution is 2.24. The summed E-state index contributed by atoms with van der Waals surface area (Å²) in [5.74, 6) is 0.524. The van der Waals surface area contributed by atoms with E-state index >= 15 is 0 Å². The molecule has 0 bridgehead atoms. The Kier molecular flexibility index (Phi) is 5.05. The maximum Gasteiger partial charge on any atom is 0.253 e. The first-order chi connectivity index (χ1) is 13.3. The third-order valence-corrected chi connectivity index (χ3v) is 4.63. The number of benzene rings is 1. The van der Waals surface area contributed by atoms with Crippen LogP contribution in [-0.4, -0.2) is 24.0 Å². The second-order valence-corrected chi connectivity index (χ2v) is 6.59. The summed E-state index contributed by atoms with van der Waals surface area (Å²) >= 11 is 0. The van der Waals surface area contributed by atoms with E-state index in [4.69, 9.17) is 4.42 Å². The zero-order valence-electron chi connectivity index (χ0n) is 15.0. The van der Waals surface area contributed by atoms with Gasteiger partial charge in [0.05, 0.1) is 30.3 Å². The van der Waals surface area contributed by atoms with Crippen molar-refractivity contribution in [1.29, 1.82) is 0 Å². The number of pyridine rings is 1. The molecule has 6 heteroatoms. The lowest BCUT2D eigenvalue weighted by Gasteiger charge is -2.18. The van der Waals surface area contributed by atoms with Crippen LogP contribution in [0, 0.1) is 0 Å². The number of nitrogens with one attached hydrogen (secondary N) is 2. The smallest absolute Gasteiger partial charge is 0.253 e. The van der Waals surface area contributed by atoms with Crippen LogP contribution in [0.5, 0.6) is 0 Å². The molecule has 4 rings (SSSR count). The Balaban J connectivity index is 1.39. The van der Waals surface area contributed by atoms with Crippen molar-refractivity contribution in [2.24, 2.45) is 0 Å². The maximum atomic E-state index is 12.3. The van der Waals surface area contributed by atoms with Crippen LogP contribution in [0.4, 0.5) is 17.1 Å². The molecule has 1 aromatic carbocycles. The second-order valence-electron chi connectivity index (χ2n) is 6.59. The molecule has 6 nitrogen and oxygen atoms in total. The van der Waals surface area contributed by atoms with E-state index in [-0.39, 0.29) is 5.91 Å². The lowest BCUT2D eigenvalue weighted by atomic mass is 10.2. The molecule has 3 aromatic rings. The summed E-state index contributed by atoms with van der Waals surface area (Å²) in [5.41, 5.74) is 3.49. The van der Waals surface area contributed by atoms with Gasteiger partial charge in [-0.3, -0.25) is 9.78 Å². The average molecular weight is 362 g/mol. The third kappa shape index (κ3) is 4.28. The Morgan fingerprint density at radius 3 is 2.63 bits per heavy atom. The number of carbonyl (C=O) groups is 1. The van der Waals surface area contributed by atoms with E-state index in [2.05, 4.69) is 44.8 Å². The first-order valence-electron chi connectivity index (χ1n) is 9.15. The fourth-order valence-corrected chi connectivity index (χ4v) is 3.21. The van der Waals surface area contributed by atoms with Gasteiger partial charge in [0.15, 0.2) is 0 Å². The highest BCUT2D eigenvalue weighted by molar-refractivity contribution is 5.94. The molecule has 138 valence electrons. The highest BCUT2D eigenvalue weighted by atomic mass is 16.3. The van der Waals surface area contributed by atoms with Crippen molar-refractivity contribution in [2.45, 2.75) is 19.4 Å². The van der Waals surface area contributed by atoms with Crippen LogP contribution >= 0.6 is 0 Å². The molecule has 0 radical (unpaired) electrons. The van der Waals surface area contributed by atoms with Gasteiger partial charge in [0.25, 0.3) is 5.91 Å². The van der Waals surface area contributed by atoms with E-state index in [0.717, 1.165) is 24.5 Å². The predicted molar refractivity (Wildman–Crippen MR) is 105 cm³/mol. The molecule has 0 atom stereocenters. The molecule has 1 aliphatic heterocycles. The lowest BCUT2D eigenvalue weighted by Crippen LogP contribution is -2.22. The van der Waals surface area contributed by atoms with Crippen molar-refractivity contribution < 1.29 is 9.21 Å². The van der Waals surface area contributed by atoms with Crippen LogP contribution in [0.3, 0.4) is 0 Å². The Morgan fingerprint density at radius 1 is 1.07 bits per heavy atom. The van der Waals surface area contributed by atoms with Gasteiger partial charge in [0.2, 0.25) is 0 Å². The summed E-state index contributed by atoms with van der Waals surface area (Å²) in [6.07, 6.45) is 7.38. The molecule has 1 amide bonds. The summed E-state index contributed by atoms with van der Waals surface area (Å²) in [5, 5.41) is 6.13. The number of furan rings is 1. The monoisotopic (exact) mass is 362 g/mol. The molecule has 0 unspecified atom stereocenters. The van der Waals surface area contributed by atoms with Gasteiger partial charge < -0.3 is 20.0 Å². The van der Waals surface area contributed by atoms with E-state index in [1.165, 1.54) is 18.5 Å². The molecule has 0 aliphatic carbocycles. The van der Waals surface area contributed by atoms with Gasteiger partial charge in [0.1, 0.15) is 5.76 Å². The zero-order chi connectivity index (χ0) is 18.5. The minimum Gasteiger partial charge on any atom is -0.467 e. The third-order valence-electron chi connectivity index (χ3n) is 4.63. The van der Waals surface area contributed by atoms with Gasteiger partial charge in [-0.1, -0.05) is 0 Å². The van der Waals surface area contributed by atoms with E-state index < -0.39 is 0 Å². The van der Waals surface area contributed by atoms with Crippen molar-refractivity contribution in [3.8, 4) is 0 Å². The van der Waals surface area contributed by atoms with Crippen molar-refractivity contribution in [3.05, 3.63) is 72.4 Å². The second kappa shape index (κ2) is 7.95. The Hall–Kier alpha value is -3.28. The summed E-state index contributed by atoms with van der Waals surface area (Å²) in [4.78, 5) is 18.9. The number of amides is 1. The fraction of sp³-hybridized carbons (Fsp3) is 0.238. The van der Waals surface area contributed by atoms with Crippen molar-refractivity contribution in [3.63, 3.8) is 0 Å². The first kappa shape index (κ1) is 17.1. The quantitative estimate of drug-likeness (QED) is 0.695. The normalized spacial score (nSPS) is 13.6. The average Bonchev–Trinajstić information content (AvgIpc) is 3.41. The molecule has 27 heavy (non-hydrogen) atoms. The van der Waals surface area contributed by atoms with E-state index in [9.17, 15) is 4.79 Å². The summed E-state index contributed by atoms with van der Waals surface area (Å²) in [6.45, 7) is 2.61. The van der Waals surface area contributed by atoms with Crippen molar-refractivity contribution in [1.82, 2.24) is 10.3 Å². The van der Waals surface area contributed by atoms with E-state index in [1.807, 2.05) is 6.07 Å². The number of rotatable bonds is 6. The minimum atomic E-state index is -0.188. The topological polar surface area (TPSA) is 70.4 Å². The highest BCUT2D eigenvalue weighted by Gasteiger charge is 2.12.